The lowest BCUT2D eigenvalue weighted by Crippen LogP contribution is -2.11. The molecule has 0 atom stereocenters. The van der Waals surface area contributed by atoms with Gasteiger partial charge in [-0.25, -0.2) is 8.78 Å². The normalized spacial score (nSPS) is 10.9. The van der Waals surface area contributed by atoms with Crippen LogP contribution >= 0.6 is 0 Å². The lowest BCUT2D eigenvalue weighted by atomic mass is 10.2. The number of anilines is 1. The van der Waals surface area contributed by atoms with Gasteiger partial charge in [0, 0.05) is 17.5 Å². The first kappa shape index (κ1) is 16.8. The van der Waals surface area contributed by atoms with Gasteiger partial charge in [-0.2, -0.15) is 5.10 Å². The van der Waals surface area contributed by atoms with Gasteiger partial charge in [0.15, 0.2) is 11.6 Å². The number of aromatic amines is 1. The Morgan fingerprint density at radius 1 is 1.15 bits per heavy atom. The Kier molecular flexibility index (Phi) is 4.29. The van der Waals surface area contributed by atoms with Crippen molar-refractivity contribution in [2.24, 2.45) is 0 Å². The number of hydrogen-bond donors (Lipinski definition) is 2. The Morgan fingerprint density at radius 2 is 1.96 bits per heavy atom. The Labute approximate surface area is 151 Å². The van der Waals surface area contributed by atoms with Crippen LogP contribution in [-0.2, 0) is 6.61 Å². The molecule has 0 radical (unpaired) electrons. The lowest BCUT2D eigenvalue weighted by molar-refractivity contribution is 0.0996. The highest BCUT2D eigenvalue weighted by Gasteiger charge is 2.13. The maximum Gasteiger partial charge on any atom is 0.292 e. The molecule has 0 bridgehead atoms. The molecule has 4 aromatic rings. The van der Waals surface area contributed by atoms with Crippen LogP contribution in [0.4, 0.5) is 14.6 Å². The molecule has 0 saturated carbocycles. The summed E-state index contributed by atoms with van der Waals surface area (Å²) in [5.41, 5.74) is 1.01. The van der Waals surface area contributed by atoms with E-state index in [9.17, 15) is 13.6 Å². The van der Waals surface area contributed by atoms with Crippen LogP contribution in [0.2, 0.25) is 0 Å². The minimum atomic E-state index is -0.658. The highest BCUT2D eigenvalue weighted by Crippen LogP contribution is 2.26. The fourth-order valence-electron chi connectivity index (χ4n) is 2.62. The topological polar surface area (TPSA) is 80.2 Å². The third kappa shape index (κ3) is 3.64. The van der Waals surface area contributed by atoms with Crippen molar-refractivity contribution in [3.8, 4) is 5.75 Å². The van der Waals surface area contributed by atoms with Crippen LogP contribution in [0.1, 0.15) is 16.1 Å². The van der Waals surface area contributed by atoms with Crippen LogP contribution in [0.15, 0.2) is 59.2 Å². The van der Waals surface area contributed by atoms with E-state index in [1.54, 1.807) is 30.3 Å². The van der Waals surface area contributed by atoms with Crippen LogP contribution in [-0.4, -0.2) is 16.1 Å². The minimum absolute atomic E-state index is 0.0103. The fraction of sp³-hybridized carbons (Fsp3) is 0.0526. The van der Waals surface area contributed by atoms with Crippen molar-refractivity contribution >= 4 is 22.6 Å². The molecule has 2 aromatic heterocycles. The minimum Gasteiger partial charge on any atom is -0.489 e. The summed E-state index contributed by atoms with van der Waals surface area (Å²) >= 11 is 0. The molecule has 0 spiro atoms. The van der Waals surface area contributed by atoms with E-state index < -0.39 is 17.5 Å². The number of nitrogens with one attached hydrogen (secondary N) is 2. The van der Waals surface area contributed by atoms with Crippen molar-refractivity contribution in [2.45, 2.75) is 6.61 Å². The summed E-state index contributed by atoms with van der Waals surface area (Å²) in [5, 5.41) is 10.2. The van der Waals surface area contributed by atoms with E-state index >= 15 is 0 Å². The number of ether oxygens (including phenoxy) is 1. The molecule has 4 rings (SSSR count). The number of rotatable bonds is 5. The summed E-state index contributed by atoms with van der Waals surface area (Å²) in [4.78, 5) is 12.1. The van der Waals surface area contributed by atoms with Crippen LogP contribution in [0.5, 0.6) is 5.75 Å². The number of aromatic nitrogens is 2. The molecule has 0 saturated heterocycles. The highest BCUT2D eigenvalue weighted by molar-refractivity contribution is 6.06. The number of benzene rings is 2. The molecule has 2 heterocycles. The Morgan fingerprint density at radius 3 is 2.70 bits per heavy atom. The van der Waals surface area contributed by atoms with E-state index in [1.807, 2.05) is 0 Å². The zero-order valence-corrected chi connectivity index (χ0v) is 13.8. The third-order valence-electron chi connectivity index (χ3n) is 3.84. The smallest absolute Gasteiger partial charge is 0.292 e. The molecule has 0 aliphatic carbocycles. The zero-order chi connectivity index (χ0) is 18.8. The molecule has 0 aliphatic rings. The summed E-state index contributed by atoms with van der Waals surface area (Å²) in [6.07, 6.45) is 1.41. The predicted octanol–water partition coefficient (Wildman–Crippen LogP) is 4.27. The Balaban J connectivity index is 1.49. The van der Waals surface area contributed by atoms with Crippen molar-refractivity contribution in [3.05, 3.63) is 77.8 Å². The van der Waals surface area contributed by atoms with Crippen molar-refractivity contribution in [2.75, 3.05) is 5.32 Å². The quantitative estimate of drug-likeness (QED) is 0.551. The SMILES string of the molecule is O=C(Nc1n[nH]c2cc(OCc3cc(F)cc(F)c3)ccc12)c1ccco1. The van der Waals surface area contributed by atoms with Crippen LogP contribution in [0, 0.1) is 11.6 Å². The number of furan rings is 1. The molecular weight excluding hydrogens is 356 g/mol. The first-order valence-electron chi connectivity index (χ1n) is 7.99. The summed E-state index contributed by atoms with van der Waals surface area (Å²) in [7, 11) is 0. The van der Waals surface area contributed by atoms with Gasteiger partial charge < -0.3 is 14.5 Å². The summed E-state index contributed by atoms with van der Waals surface area (Å²) in [6, 6.07) is 11.5. The third-order valence-corrected chi connectivity index (χ3v) is 3.84. The van der Waals surface area contributed by atoms with E-state index in [1.165, 1.54) is 18.4 Å². The van der Waals surface area contributed by atoms with Crippen molar-refractivity contribution in [3.63, 3.8) is 0 Å². The largest absolute Gasteiger partial charge is 0.489 e. The number of carbonyl (C=O) groups excluding carboxylic acids is 1. The van der Waals surface area contributed by atoms with Crippen LogP contribution in [0.3, 0.4) is 0 Å². The molecule has 2 aromatic carbocycles. The van der Waals surface area contributed by atoms with Crippen molar-refractivity contribution in [1.29, 1.82) is 0 Å². The molecule has 0 aliphatic heterocycles. The Bertz CT molecular complexity index is 1090. The van der Waals surface area contributed by atoms with E-state index in [2.05, 4.69) is 15.5 Å². The molecule has 2 N–H and O–H groups in total. The van der Waals surface area contributed by atoms with Gasteiger partial charge in [0.1, 0.15) is 24.0 Å². The monoisotopic (exact) mass is 369 g/mol. The maximum absolute atomic E-state index is 13.2. The molecular formula is C19H13F2N3O3. The number of carbonyl (C=O) groups is 1. The Hall–Kier alpha value is -3.68. The van der Waals surface area contributed by atoms with Gasteiger partial charge >= 0.3 is 0 Å². The van der Waals surface area contributed by atoms with Gasteiger partial charge in [0.2, 0.25) is 0 Å². The van der Waals surface area contributed by atoms with Crippen molar-refractivity contribution < 1.29 is 22.7 Å². The van der Waals surface area contributed by atoms with E-state index in [0.29, 0.717) is 28.0 Å². The first-order valence-corrected chi connectivity index (χ1v) is 7.99. The molecule has 0 unspecified atom stereocenters. The number of hydrogen-bond acceptors (Lipinski definition) is 4. The summed E-state index contributed by atoms with van der Waals surface area (Å²) in [5.74, 6) is -0.718. The van der Waals surface area contributed by atoms with Crippen molar-refractivity contribution in [1.82, 2.24) is 10.2 Å². The second-order valence-corrected chi connectivity index (χ2v) is 5.78. The summed E-state index contributed by atoms with van der Waals surface area (Å²) < 4.78 is 37.1. The molecule has 8 heteroatoms. The van der Waals surface area contributed by atoms with Gasteiger partial charge in [-0.15, -0.1) is 0 Å². The predicted molar refractivity (Wildman–Crippen MR) is 93.4 cm³/mol. The zero-order valence-electron chi connectivity index (χ0n) is 13.8. The average Bonchev–Trinajstić information content (AvgIpc) is 3.29. The van der Waals surface area contributed by atoms with Gasteiger partial charge in [-0.3, -0.25) is 9.89 Å². The van der Waals surface area contributed by atoms with Gasteiger partial charge in [0.05, 0.1) is 11.8 Å². The number of amides is 1. The van der Waals surface area contributed by atoms with Crippen LogP contribution in [0.25, 0.3) is 10.9 Å². The fourth-order valence-corrected chi connectivity index (χ4v) is 2.62. The maximum atomic E-state index is 13.2. The number of fused-ring (bicyclic) bond motifs is 1. The second-order valence-electron chi connectivity index (χ2n) is 5.78. The van der Waals surface area contributed by atoms with Gasteiger partial charge in [-0.1, -0.05) is 0 Å². The van der Waals surface area contributed by atoms with Gasteiger partial charge in [-0.05, 0) is 42.0 Å². The molecule has 1 amide bonds. The lowest BCUT2D eigenvalue weighted by Gasteiger charge is -2.07. The van der Waals surface area contributed by atoms with E-state index in [-0.39, 0.29) is 12.4 Å². The number of H-pyrrole nitrogens is 1. The number of halogens is 2. The second kappa shape index (κ2) is 6.91. The number of nitrogens with zero attached hydrogens (tertiary/aromatic N) is 1. The van der Waals surface area contributed by atoms with E-state index in [4.69, 9.17) is 9.15 Å². The average molecular weight is 369 g/mol. The molecule has 0 fully saturated rings. The van der Waals surface area contributed by atoms with Gasteiger partial charge in [0.25, 0.3) is 5.91 Å². The molecule has 27 heavy (non-hydrogen) atoms. The van der Waals surface area contributed by atoms with Crippen LogP contribution < -0.4 is 10.1 Å². The molecule has 6 nitrogen and oxygen atoms in total. The van der Waals surface area contributed by atoms with E-state index in [0.717, 1.165) is 6.07 Å². The highest BCUT2D eigenvalue weighted by atomic mass is 19.1. The molecule has 136 valence electrons. The summed E-state index contributed by atoms with van der Waals surface area (Å²) in [6.45, 7) is 0.0103. The standard InChI is InChI=1S/C19H13F2N3O3/c20-12-6-11(7-13(21)8-12)10-27-14-3-4-15-16(9-14)23-24-18(15)22-19(25)17-2-1-5-26-17/h1-9H,10H2,(H2,22,23,24,25). The first-order chi connectivity index (χ1) is 13.1.